The maximum absolute atomic E-state index is 5.72. The van der Waals surface area contributed by atoms with Crippen LogP contribution >= 0.6 is 15.9 Å². The second-order valence-corrected chi connectivity index (χ2v) is 5.30. The summed E-state index contributed by atoms with van der Waals surface area (Å²) in [5.74, 6) is 1.67. The standard InChI is InChI=1S/C14H20BrNO3/c1-17-8-5-16-4-3-11-9-12(15)14-13(10-11)18-6-2-7-19-14/h9-10,16H,2-8H2,1H3. The molecule has 2 rings (SSSR count). The SMILES string of the molecule is COCCNCCc1cc(Br)c2c(c1)OCCCO2. The minimum atomic E-state index is 0.712. The molecule has 19 heavy (non-hydrogen) atoms. The molecule has 4 nitrogen and oxygen atoms in total. The van der Waals surface area contributed by atoms with Crippen molar-refractivity contribution in [3.8, 4) is 11.5 Å². The van der Waals surface area contributed by atoms with Gasteiger partial charge in [0.05, 0.1) is 24.3 Å². The van der Waals surface area contributed by atoms with Crippen LogP contribution in [0.4, 0.5) is 0 Å². The van der Waals surface area contributed by atoms with Gasteiger partial charge in [-0.15, -0.1) is 0 Å². The molecule has 0 aliphatic carbocycles. The van der Waals surface area contributed by atoms with E-state index in [0.29, 0.717) is 6.61 Å². The Morgan fingerprint density at radius 2 is 2.11 bits per heavy atom. The summed E-state index contributed by atoms with van der Waals surface area (Å²) in [6, 6.07) is 4.18. The number of hydrogen-bond donors (Lipinski definition) is 1. The van der Waals surface area contributed by atoms with E-state index in [1.165, 1.54) is 5.56 Å². The molecule has 1 aliphatic rings. The third kappa shape index (κ3) is 4.37. The molecule has 0 amide bonds. The third-order valence-electron chi connectivity index (χ3n) is 2.94. The minimum Gasteiger partial charge on any atom is -0.490 e. The lowest BCUT2D eigenvalue weighted by Crippen LogP contribution is -2.21. The zero-order valence-corrected chi connectivity index (χ0v) is 12.8. The molecule has 1 aromatic carbocycles. The lowest BCUT2D eigenvalue weighted by Gasteiger charge is -2.12. The molecular formula is C14H20BrNO3. The molecule has 0 spiro atoms. The number of ether oxygens (including phenoxy) is 3. The van der Waals surface area contributed by atoms with Crippen LogP contribution < -0.4 is 14.8 Å². The van der Waals surface area contributed by atoms with Gasteiger partial charge in [0.25, 0.3) is 0 Å². The van der Waals surface area contributed by atoms with E-state index in [2.05, 4.69) is 33.4 Å². The summed E-state index contributed by atoms with van der Waals surface area (Å²) in [6.07, 6.45) is 1.88. The number of nitrogens with one attached hydrogen (secondary N) is 1. The first-order valence-corrected chi connectivity index (χ1v) is 7.38. The molecule has 1 aromatic rings. The minimum absolute atomic E-state index is 0.712. The van der Waals surface area contributed by atoms with E-state index in [1.807, 2.05) is 0 Å². The number of benzene rings is 1. The molecule has 0 fully saturated rings. The molecular weight excluding hydrogens is 310 g/mol. The van der Waals surface area contributed by atoms with Crippen LogP contribution in [-0.2, 0) is 11.2 Å². The van der Waals surface area contributed by atoms with Crippen molar-refractivity contribution in [1.82, 2.24) is 5.32 Å². The second-order valence-electron chi connectivity index (χ2n) is 4.45. The molecule has 0 radical (unpaired) electrons. The fourth-order valence-corrected chi connectivity index (χ4v) is 2.56. The van der Waals surface area contributed by atoms with Crippen LogP contribution in [0, 0.1) is 0 Å². The van der Waals surface area contributed by atoms with E-state index in [4.69, 9.17) is 14.2 Å². The number of rotatable bonds is 6. The van der Waals surface area contributed by atoms with Crippen molar-refractivity contribution in [2.75, 3.05) is 40.0 Å². The monoisotopic (exact) mass is 329 g/mol. The highest BCUT2D eigenvalue weighted by molar-refractivity contribution is 9.10. The second kappa shape index (κ2) is 7.72. The average Bonchev–Trinajstić information content (AvgIpc) is 2.64. The summed E-state index contributed by atoms with van der Waals surface area (Å²) in [7, 11) is 1.71. The van der Waals surface area contributed by atoms with Crippen LogP contribution in [0.15, 0.2) is 16.6 Å². The van der Waals surface area contributed by atoms with Crippen LogP contribution in [0.1, 0.15) is 12.0 Å². The van der Waals surface area contributed by atoms with Gasteiger partial charge in [0.2, 0.25) is 0 Å². The quantitative estimate of drug-likeness (QED) is 0.813. The van der Waals surface area contributed by atoms with Crippen LogP contribution in [-0.4, -0.2) is 40.0 Å². The Kier molecular flexibility index (Phi) is 5.94. The van der Waals surface area contributed by atoms with Gasteiger partial charge in [-0.2, -0.15) is 0 Å². The Morgan fingerprint density at radius 1 is 1.26 bits per heavy atom. The lowest BCUT2D eigenvalue weighted by molar-refractivity contribution is 0.199. The van der Waals surface area contributed by atoms with Gasteiger partial charge in [-0.25, -0.2) is 0 Å². The Labute approximate surface area is 122 Å². The Balaban J connectivity index is 1.94. The summed E-state index contributed by atoms with van der Waals surface area (Å²) in [4.78, 5) is 0. The molecule has 1 aliphatic heterocycles. The average molecular weight is 330 g/mol. The topological polar surface area (TPSA) is 39.7 Å². The van der Waals surface area contributed by atoms with E-state index < -0.39 is 0 Å². The Bertz CT molecular complexity index is 412. The molecule has 0 unspecified atom stereocenters. The van der Waals surface area contributed by atoms with E-state index in [-0.39, 0.29) is 0 Å². The molecule has 106 valence electrons. The van der Waals surface area contributed by atoms with E-state index in [0.717, 1.165) is 55.1 Å². The Morgan fingerprint density at radius 3 is 2.95 bits per heavy atom. The summed E-state index contributed by atoms with van der Waals surface area (Å²) in [6.45, 7) is 3.97. The summed E-state index contributed by atoms with van der Waals surface area (Å²) in [5.41, 5.74) is 1.24. The Hall–Kier alpha value is -0.780. The highest BCUT2D eigenvalue weighted by Gasteiger charge is 2.14. The fourth-order valence-electron chi connectivity index (χ4n) is 1.96. The third-order valence-corrected chi connectivity index (χ3v) is 3.52. The van der Waals surface area contributed by atoms with Crippen molar-refractivity contribution >= 4 is 15.9 Å². The summed E-state index contributed by atoms with van der Waals surface area (Å²) in [5, 5.41) is 3.33. The molecule has 0 bridgehead atoms. The molecule has 5 heteroatoms. The van der Waals surface area contributed by atoms with Gasteiger partial charge in [-0.05, 0) is 46.6 Å². The predicted octanol–water partition coefficient (Wildman–Crippen LogP) is 2.39. The van der Waals surface area contributed by atoms with Crippen LogP contribution in [0.3, 0.4) is 0 Å². The number of hydrogen-bond acceptors (Lipinski definition) is 4. The summed E-state index contributed by atoms with van der Waals surface area (Å²) >= 11 is 3.56. The zero-order chi connectivity index (χ0) is 13.5. The molecule has 0 atom stereocenters. The van der Waals surface area contributed by atoms with Crippen molar-refractivity contribution in [2.45, 2.75) is 12.8 Å². The highest BCUT2D eigenvalue weighted by atomic mass is 79.9. The maximum atomic E-state index is 5.72. The van der Waals surface area contributed by atoms with Gasteiger partial charge < -0.3 is 19.5 Å². The van der Waals surface area contributed by atoms with Crippen LogP contribution in [0.25, 0.3) is 0 Å². The van der Waals surface area contributed by atoms with Crippen molar-refractivity contribution in [2.24, 2.45) is 0 Å². The van der Waals surface area contributed by atoms with Gasteiger partial charge in [-0.3, -0.25) is 0 Å². The molecule has 0 saturated carbocycles. The van der Waals surface area contributed by atoms with Gasteiger partial charge in [-0.1, -0.05) is 0 Å². The molecule has 1 heterocycles. The maximum Gasteiger partial charge on any atom is 0.175 e. The lowest BCUT2D eigenvalue weighted by atomic mass is 10.1. The first-order chi connectivity index (χ1) is 9.31. The van der Waals surface area contributed by atoms with Crippen LogP contribution in [0.2, 0.25) is 0 Å². The molecule has 0 saturated heterocycles. The largest absolute Gasteiger partial charge is 0.490 e. The van der Waals surface area contributed by atoms with E-state index in [1.54, 1.807) is 7.11 Å². The first-order valence-electron chi connectivity index (χ1n) is 6.59. The number of fused-ring (bicyclic) bond motifs is 1. The smallest absolute Gasteiger partial charge is 0.175 e. The van der Waals surface area contributed by atoms with Crippen molar-refractivity contribution in [3.05, 3.63) is 22.2 Å². The predicted molar refractivity (Wildman–Crippen MR) is 78.2 cm³/mol. The fraction of sp³-hybridized carbons (Fsp3) is 0.571. The van der Waals surface area contributed by atoms with Gasteiger partial charge in [0.15, 0.2) is 11.5 Å². The normalized spacial score (nSPS) is 14.2. The molecule has 1 N–H and O–H groups in total. The zero-order valence-electron chi connectivity index (χ0n) is 11.2. The van der Waals surface area contributed by atoms with Crippen molar-refractivity contribution in [3.63, 3.8) is 0 Å². The highest BCUT2D eigenvalue weighted by Crippen LogP contribution is 2.38. The molecule has 0 aromatic heterocycles. The van der Waals surface area contributed by atoms with Gasteiger partial charge in [0, 0.05) is 20.1 Å². The van der Waals surface area contributed by atoms with Gasteiger partial charge >= 0.3 is 0 Å². The number of halogens is 1. The van der Waals surface area contributed by atoms with Gasteiger partial charge in [0.1, 0.15) is 0 Å². The first kappa shape index (κ1) is 14.6. The van der Waals surface area contributed by atoms with Crippen molar-refractivity contribution < 1.29 is 14.2 Å². The van der Waals surface area contributed by atoms with E-state index >= 15 is 0 Å². The van der Waals surface area contributed by atoms with E-state index in [9.17, 15) is 0 Å². The van der Waals surface area contributed by atoms with Crippen molar-refractivity contribution in [1.29, 1.82) is 0 Å². The van der Waals surface area contributed by atoms with Crippen LogP contribution in [0.5, 0.6) is 11.5 Å². The number of methoxy groups -OCH3 is 1. The summed E-state index contributed by atoms with van der Waals surface area (Å²) < 4.78 is 17.4.